The third-order valence-corrected chi connectivity index (χ3v) is 5.24. The molecule has 0 N–H and O–H groups in total. The zero-order valence-corrected chi connectivity index (χ0v) is 15.3. The first-order valence-corrected chi connectivity index (χ1v) is 8.77. The summed E-state index contributed by atoms with van der Waals surface area (Å²) in [4.78, 5) is 0. The molecule has 1 unspecified atom stereocenters. The molecule has 0 aliphatic carbocycles. The molecule has 128 valence electrons. The van der Waals surface area contributed by atoms with E-state index in [2.05, 4.69) is 69.3 Å². The van der Waals surface area contributed by atoms with Gasteiger partial charge in [0.1, 0.15) is 5.75 Å². The summed E-state index contributed by atoms with van der Waals surface area (Å²) in [6, 6.07) is 17.5. The molecular weight excluding hydrogens is 296 g/mol. The summed E-state index contributed by atoms with van der Waals surface area (Å²) in [5, 5.41) is 0. The van der Waals surface area contributed by atoms with Crippen molar-refractivity contribution in [3.05, 3.63) is 65.2 Å². The van der Waals surface area contributed by atoms with Crippen LogP contribution in [0.5, 0.6) is 5.75 Å². The maximum Gasteiger partial charge on any atom is 0.122 e. The van der Waals surface area contributed by atoms with Gasteiger partial charge >= 0.3 is 0 Å². The molecule has 2 aromatic carbocycles. The van der Waals surface area contributed by atoms with Crippen molar-refractivity contribution in [3.8, 4) is 5.75 Å². The smallest absolute Gasteiger partial charge is 0.122 e. The molecule has 0 radical (unpaired) electrons. The van der Waals surface area contributed by atoms with Gasteiger partial charge in [0.05, 0.1) is 12.7 Å². The number of methoxy groups -OCH3 is 1. The van der Waals surface area contributed by atoms with E-state index in [4.69, 9.17) is 9.47 Å². The SMILES string of the molecule is COc1cc(CC2(c3ccccc3)CCOC(C)(C)C2)ccc1C. The molecule has 0 aromatic heterocycles. The van der Waals surface area contributed by atoms with E-state index in [0.717, 1.165) is 31.6 Å². The van der Waals surface area contributed by atoms with Crippen molar-refractivity contribution in [2.24, 2.45) is 0 Å². The number of aryl methyl sites for hydroxylation is 1. The second kappa shape index (κ2) is 6.60. The second-order valence-corrected chi connectivity index (χ2v) is 7.66. The van der Waals surface area contributed by atoms with Crippen LogP contribution in [0.4, 0.5) is 0 Å². The molecule has 2 aromatic rings. The van der Waals surface area contributed by atoms with E-state index >= 15 is 0 Å². The Labute approximate surface area is 145 Å². The van der Waals surface area contributed by atoms with Crippen LogP contribution in [0, 0.1) is 6.92 Å². The van der Waals surface area contributed by atoms with Crippen LogP contribution in [-0.2, 0) is 16.6 Å². The van der Waals surface area contributed by atoms with Gasteiger partial charge in [-0.05, 0) is 62.8 Å². The molecule has 0 amide bonds. The molecule has 1 fully saturated rings. The summed E-state index contributed by atoms with van der Waals surface area (Å²) < 4.78 is 11.5. The fourth-order valence-corrected chi connectivity index (χ4v) is 4.13. The standard InChI is InChI=1S/C22H28O2/c1-17-10-11-18(14-20(17)23-4)15-22(19-8-6-5-7-9-19)12-13-24-21(2,3)16-22/h5-11,14H,12-13,15-16H2,1-4H3. The Balaban J connectivity index is 2.00. The van der Waals surface area contributed by atoms with Gasteiger partial charge < -0.3 is 9.47 Å². The molecule has 0 spiro atoms. The van der Waals surface area contributed by atoms with Gasteiger partial charge in [0.2, 0.25) is 0 Å². The highest BCUT2D eigenvalue weighted by Crippen LogP contribution is 2.44. The fraction of sp³-hybridized carbons (Fsp3) is 0.455. The average molecular weight is 324 g/mol. The van der Waals surface area contributed by atoms with Crippen LogP contribution in [0.3, 0.4) is 0 Å². The Hall–Kier alpha value is -1.80. The van der Waals surface area contributed by atoms with Crippen LogP contribution in [0.15, 0.2) is 48.5 Å². The van der Waals surface area contributed by atoms with E-state index in [-0.39, 0.29) is 11.0 Å². The number of hydrogen-bond acceptors (Lipinski definition) is 2. The van der Waals surface area contributed by atoms with E-state index in [1.165, 1.54) is 16.7 Å². The third kappa shape index (κ3) is 3.49. The molecular formula is C22H28O2. The fourth-order valence-electron chi connectivity index (χ4n) is 4.13. The van der Waals surface area contributed by atoms with Gasteiger partial charge in [0.15, 0.2) is 0 Å². The first kappa shape index (κ1) is 17.0. The van der Waals surface area contributed by atoms with Gasteiger partial charge in [0, 0.05) is 12.0 Å². The van der Waals surface area contributed by atoms with Gasteiger partial charge in [0.25, 0.3) is 0 Å². The van der Waals surface area contributed by atoms with Gasteiger partial charge in [-0.2, -0.15) is 0 Å². The van der Waals surface area contributed by atoms with E-state index in [9.17, 15) is 0 Å². The van der Waals surface area contributed by atoms with Crippen LogP contribution in [0.1, 0.15) is 43.4 Å². The lowest BCUT2D eigenvalue weighted by molar-refractivity contribution is -0.0824. The Kier molecular flexibility index (Phi) is 4.69. The first-order chi connectivity index (χ1) is 11.4. The van der Waals surface area contributed by atoms with Gasteiger partial charge in [-0.15, -0.1) is 0 Å². The molecule has 0 bridgehead atoms. The van der Waals surface area contributed by atoms with Crippen LogP contribution in [0.2, 0.25) is 0 Å². The van der Waals surface area contributed by atoms with E-state index in [1.54, 1.807) is 7.11 Å². The largest absolute Gasteiger partial charge is 0.496 e. The highest BCUT2D eigenvalue weighted by atomic mass is 16.5. The second-order valence-electron chi connectivity index (χ2n) is 7.66. The molecule has 1 atom stereocenters. The summed E-state index contributed by atoms with van der Waals surface area (Å²) in [7, 11) is 1.75. The summed E-state index contributed by atoms with van der Waals surface area (Å²) >= 11 is 0. The minimum Gasteiger partial charge on any atom is -0.496 e. The topological polar surface area (TPSA) is 18.5 Å². The van der Waals surface area contributed by atoms with Crippen molar-refractivity contribution < 1.29 is 9.47 Å². The van der Waals surface area contributed by atoms with Gasteiger partial charge in [-0.3, -0.25) is 0 Å². The summed E-state index contributed by atoms with van der Waals surface area (Å²) in [5.41, 5.74) is 3.95. The predicted octanol–water partition coefficient (Wildman–Crippen LogP) is 5.07. The maximum absolute atomic E-state index is 6.02. The molecule has 1 aliphatic rings. The first-order valence-electron chi connectivity index (χ1n) is 8.77. The lowest BCUT2D eigenvalue weighted by Gasteiger charge is -2.45. The Bertz CT molecular complexity index is 690. The lowest BCUT2D eigenvalue weighted by atomic mass is 9.66. The quantitative estimate of drug-likeness (QED) is 0.781. The Morgan fingerprint density at radius 2 is 1.83 bits per heavy atom. The van der Waals surface area contributed by atoms with Crippen molar-refractivity contribution in [3.63, 3.8) is 0 Å². The van der Waals surface area contributed by atoms with Crippen molar-refractivity contribution in [2.75, 3.05) is 13.7 Å². The van der Waals surface area contributed by atoms with Crippen LogP contribution < -0.4 is 4.74 Å². The Morgan fingerprint density at radius 1 is 1.08 bits per heavy atom. The molecule has 1 saturated heterocycles. The summed E-state index contributed by atoms with van der Waals surface area (Å²) in [6.07, 6.45) is 3.09. The highest BCUT2D eigenvalue weighted by Gasteiger charge is 2.42. The molecule has 1 aliphatic heterocycles. The molecule has 1 heterocycles. The average Bonchev–Trinajstić information content (AvgIpc) is 2.56. The molecule has 2 nitrogen and oxygen atoms in total. The van der Waals surface area contributed by atoms with Crippen LogP contribution >= 0.6 is 0 Å². The summed E-state index contributed by atoms with van der Waals surface area (Å²) in [6.45, 7) is 7.32. The zero-order valence-electron chi connectivity index (χ0n) is 15.3. The lowest BCUT2D eigenvalue weighted by Crippen LogP contribution is -2.45. The van der Waals surface area contributed by atoms with Gasteiger partial charge in [-0.1, -0.05) is 42.5 Å². The predicted molar refractivity (Wildman–Crippen MR) is 98.8 cm³/mol. The molecule has 24 heavy (non-hydrogen) atoms. The van der Waals surface area contributed by atoms with Crippen LogP contribution in [-0.4, -0.2) is 19.3 Å². The number of hydrogen-bond donors (Lipinski definition) is 0. The normalized spacial score (nSPS) is 23.0. The Morgan fingerprint density at radius 3 is 2.50 bits per heavy atom. The van der Waals surface area contributed by atoms with Crippen molar-refractivity contribution in [2.45, 2.75) is 51.0 Å². The van der Waals surface area contributed by atoms with Crippen molar-refractivity contribution in [1.29, 1.82) is 0 Å². The monoisotopic (exact) mass is 324 g/mol. The summed E-state index contributed by atoms with van der Waals surface area (Å²) in [5.74, 6) is 0.974. The van der Waals surface area contributed by atoms with Crippen molar-refractivity contribution in [1.82, 2.24) is 0 Å². The van der Waals surface area contributed by atoms with E-state index in [1.807, 2.05) is 0 Å². The number of benzene rings is 2. The van der Waals surface area contributed by atoms with E-state index < -0.39 is 0 Å². The zero-order chi connectivity index (χ0) is 17.2. The minimum absolute atomic E-state index is 0.0944. The van der Waals surface area contributed by atoms with Crippen molar-refractivity contribution >= 4 is 0 Å². The molecule has 3 rings (SSSR count). The third-order valence-electron chi connectivity index (χ3n) is 5.24. The minimum atomic E-state index is -0.0944. The highest BCUT2D eigenvalue weighted by molar-refractivity contribution is 5.39. The maximum atomic E-state index is 6.02. The van der Waals surface area contributed by atoms with Gasteiger partial charge in [-0.25, -0.2) is 0 Å². The molecule has 0 saturated carbocycles. The number of rotatable bonds is 4. The number of ether oxygens (including phenoxy) is 2. The van der Waals surface area contributed by atoms with Crippen LogP contribution in [0.25, 0.3) is 0 Å². The molecule has 2 heteroatoms. The van der Waals surface area contributed by atoms with E-state index in [0.29, 0.717) is 0 Å².